The molecule has 4 N–H and O–H groups in total. The van der Waals surface area contributed by atoms with Gasteiger partial charge in [-0.1, -0.05) is 6.07 Å². The fraction of sp³-hybridized carbons (Fsp3) is 0.385. The van der Waals surface area contributed by atoms with E-state index in [4.69, 9.17) is 10.2 Å². The van der Waals surface area contributed by atoms with E-state index in [0.29, 0.717) is 24.7 Å². The van der Waals surface area contributed by atoms with Gasteiger partial charge in [-0.15, -0.1) is 0 Å². The van der Waals surface area contributed by atoms with Crippen molar-refractivity contribution in [1.82, 2.24) is 9.97 Å². The smallest absolute Gasteiger partial charge is 0.169 e. The third kappa shape index (κ3) is 3.30. The highest BCUT2D eigenvalue weighted by Gasteiger charge is 2.08. The van der Waals surface area contributed by atoms with Gasteiger partial charge in [-0.3, -0.25) is 0 Å². The molecule has 0 aliphatic rings. The van der Waals surface area contributed by atoms with Crippen LogP contribution in [0.25, 0.3) is 11.0 Å². The second-order valence-corrected chi connectivity index (χ2v) is 4.21. The number of rotatable bonds is 6. The van der Waals surface area contributed by atoms with Gasteiger partial charge in [0.25, 0.3) is 0 Å². The number of anilines is 2. The number of nitrogens with zero attached hydrogens (tertiary/aromatic N) is 2. The summed E-state index contributed by atoms with van der Waals surface area (Å²) in [6.07, 6.45) is 0. The lowest BCUT2D eigenvalue weighted by atomic mass is 10.2. The summed E-state index contributed by atoms with van der Waals surface area (Å²) in [6.45, 7) is 2.85. The van der Waals surface area contributed by atoms with E-state index in [2.05, 4.69) is 20.6 Å². The van der Waals surface area contributed by atoms with Crippen molar-refractivity contribution < 1.29 is 10.2 Å². The van der Waals surface area contributed by atoms with Gasteiger partial charge in [-0.2, -0.15) is 0 Å². The molecule has 0 aliphatic heterocycles. The zero-order valence-electron chi connectivity index (χ0n) is 10.8. The van der Waals surface area contributed by atoms with Crippen molar-refractivity contribution in [3.8, 4) is 0 Å². The van der Waals surface area contributed by atoms with Gasteiger partial charge < -0.3 is 20.8 Å². The van der Waals surface area contributed by atoms with E-state index >= 15 is 0 Å². The summed E-state index contributed by atoms with van der Waals surface area (Å²) < 4.78 is 0. The molecule has 0 amide bonds. The number of hydrogen-bond donors (Lipinski definition) is 4. The second kappa shape index (κ2) is 6.31. The Balaban J connectivity index is 2.40. The van der Waals surface area contributed by atoms with Crippen LogP contribution in [0.1, 0.15) is 5.56 Å². The first kappa shape index (κ1) is 13.5. The standard InChI is InChI=1S/C13H18N4O2/c1-9-2-3-10-11(8-9)17-13(15-5-7-19)12(16-10)14-4-6-18/h2-3,8,18-19H,4-7H2,1H3,(H,14,16)(H,15,17). The Labute approximate surface area is 111 Å². The molecule has 1 aromatic heterocycles. The molecule has 0 radical (unpaired) electrons. The van der Waals surface area contributed by atoms with Crippen LogP contribution in [-0.2, 0) is 0 Å². The Kier molecular flexibility index (Phi) is 4.48. The Morgan fingerprint density at radius 2 is 1.53 bits per heavy atom. The molecule has 2 aromatic rings. The number of aryl methyl sites for hydroxylation is 1. The highest BCUT2D eigenvalue weighted by molar-refractivity contribution is 5.80. The SMILES string of the molecule is Cc1ccc2nc(NCCO)c(NCCO)nc2c1. The van der Waals surface area contributed by atoms with E-state index in [-0.39, 0.29) is 13.2 Å². The normalized spacial score (nSPS) is 10.7. The fourth-order valence-corrected chi connectivity index (χ4v) is 1.76. The van der Waals surface area contributed by atoms with Gasteiger partial charge in [-0.25, -0.2) is 9.97 Å². The van der Waals surface area contributed by atoms with Crippen LogP contribution in [0.5, 0.6) is 0 Å². The van der Waals surface area contributed by atoms with E-state index in [1.807, 2.05) is 25.1 Å². The average Bonchev–Trinajstić information content (AvgIpc) is 2.42. The van der Waals surface area contributed by atoms with Crippen LogP contribution < -0.4 is 10.6 Å². The Hall–Kier alpha value is -1.92. The summed E-state index contributed by atoms with van der Waals surface area (Å²) >= 11 is 0. The molecule has 0 spiro atoms. The van der Waals surface area contributed by atoms with Gasteiger partial charge in [0.2, 0.25) is 0 Å². The molecule has 0 aliphatic carbocycles. The van der Waals surface area contributed by atoms with E-state index in [1.54, 1.807) is 0 Å². The summed E-state index contributed by atoms with van der Waals surface area (Å²) in [5.74, 6) is 1.17. The summed E-state index contributed by atoms with van der Waals surface area (Å²) in [4.78, 5) is 8.98. The predicted molar refractivity (Wildman–Crippen MR) is 75.4 cm³/mol. The minimum absolute atomic E-state index is 0.0208. The molecule has 1 aromatic carbocycles. The van der Waals surface area contributed by atoms with Crippen molar-refractivity contribution in [2.45, 2.75) is 6.92 Å². The molecule has 0 saturated carbocycles. The number of benzene rings is 1. The van der Waals surface area contributed by atoms with Crippen LogP contribution in [-0.4, -0.2) is 46.5 Å². The molecule has 0 atom stereocenters. The fourth-order valence-electron chi connectivity index (χ4n) is 1.76. The lowest BCUT2D eigenvalue weighted by molar-refractivity contribution is 0.310. The topological polar surface area (TPSA) is 90.3 Å². The summed E-state index contributed by atoms with van der Waals surface area (Å²) in [5.41, 5.74) is 2.71. The zero-order chi connectivity index (χ0) is 13.7. The van der Waals surface area contributed by atoms with Crippen molar-refractivity contribution in [1.29, 1.82) is 0 Å². The third-order valence-electron chi connectivity index (χ3n) is 2.63. The van der Waals surface area contributed by atoms with Gasteiger partial charge >= 0.3 is 0 Å². The third-order valence-corrected chi connectivity index (χ3v) is 2.63. The first-order chi connectivity index (χ1) is 9.24. The van der Waals surface area contributed by atoms with Crippen LogP contribution in [0, 0.1) is 6.92 Å². The highest BCUT2D eigenvalue weighted by Crippen LogP contribution is 2.21. The molecule has 2 rings (SSSR count). The molecule has 0 saturated heterocycles. The van der Waals surface area contributed by atoms with Crippen LogP contribution in [0.2, 0.25) is 0 Å². The Morgan fingerprint density at radius 3 is 2.11 bits per heavy atom. The quantitative estimate of drug-likeness (QED) is 0.614. The van der Waals surface area contributed by atoms with Gasteiger partial charge in [0.1, 0.15) is 0 Å². The number of aromatic nitrogens is 2. The molecular formula is C13H18N4O2. The highest BCUT2D eigenvalue weighted by atomic mass is 16.3. The molecule has 0 unspecified atom stereocenters. The minimum atomic E-state index is 0.0208. The molecule has 6 heteroatoms. The summed E-state index contributed by atoms with van der Waals surface area (Å²) in [6, 6.07) is 5.85. The van der Waals surface area contributed by atoms with E-state index < -0.39 is 0 Å². The van der Waals surface area contributed by atoms with E-state index in [9.17, 15) is 0 Å². The lowest BCUT2D eigenvalue weighted by Crippen LogP contribution is -2.14. The Morgan fingerprint density at radius 1 is 0.947 bits per heavy atom. The van der Waals surface area contributed by atoms with E-state index in [0.717, 1.165) is 16.6 Å². The van der Waals surface area contributed by atoms with Crippen molar-refractivity contribution >= 4 is 22.7 Å². The van der Waals surface area contributed by atoms with E-state index in [1.165, 1.54) is 0 Å². The minimum Gasteiger partial charge on any atom is -0.395 e. The van der Waals surface area contributed by atoms with Crippen molar-refractivity contribution in [2.75, 3.05) is 36.9 Å². The van der Waals surface area contributed by atoms with Crippen molar-refractivity contribution in [3.63, 3.8) is 0 Å². The number of aliphatic hydroxyl groups is 2. The van der Waals surface area contributed by atoms with Crippen LogP contribution >= 0.6 is 0 Å². The summed E-state index contributed by atoms with van der Waals surface area (Å²) in [7, 11) is 0. The largest absolute Gasteiger partial charge is 0.395 e. The monoisotopic (exact) mass is 262 g/mol. The number of aliphatic hydroxyl groups excluding tert-OH is 2. The Bertz CT molecular complexity index is 560. The molecular weight excluding hydrogens is 244 g/mol. The number of hydrogen-bond acceptors (Lipinski definition) is 6. The molecule has 19 heavy (non-hydrogen) atoms. The second-order valence-electron chi connectivity index (χ2n) is 4.21. The maximum absolute atomic E-state index is 8.88. The molecule has 0 bridgehead atoms. The van der Waals surface area contributed by atoms with Crippen molar-refractivity contribution in [3.05, 3.63) is 23.8 Å². The number of nitrogens with one attached hydrogen (secondary N) is 2. The van der Waals surface area contributed by atoms with Crippen LogP contribution in [0.4, 0.5) is 11.6 Å². The lowest BCUT2D eigenvalue weighted by Gasteiger charge is -2.12. The van der Waals surface area contributed by atoms with Gasteiger partial charge in [0.15, 0.2) is 11.6 Å². The number of fused-ring (bicyclic) bond motifs is 1. The van der Waals surface area contributed by atoms with Crippen molar-refractivity contribution in [2.24, 2.45) is 0 Å². The van der Waals surface area contributed by atoms with Gasteiger partial charge in [-0.05, 0) is 24.6 Å². The molecule has 102 valence electrons. The van der Waals surface area contributed by atoms with Crippen LogP contribution in [0.3, 0.4) is 0 Å². The summed E-state index contributed by atoms with van der Waals surface area (Å²) in [5, 5.41) is 23.8. The maximum Gasteiger partial charge on any atom is 0.169 e. The zero-order valence-corrected chi connectivity index (χ0v) is 10.8. The predicted octanol–water partition coefficient (Wildman–Crippen LogP) is 0.747. The van der Waals surface area contributed by atoms with Crippen LogP contribution in [0.15, 0.2) is 18.2 Å². The first-order valence-electron chi connectivity index (χ1n) is 6.22. The van der Waals surface area contributed by atoms with Gasteiger partial charge in [0, 0.05) is 13.1 Å². The first-order valence-corrected chi connectivity index (χ1v) is 6.22. The maximum atomic E-state index is 8.88. The molecule has 0 fully saturated rings. The average molecular weight is 262 g/mol. The molecule has 6 nitrogen and oxygen atoms in total. The van der Waals surface area contributed by atoms with Gasteiger partial charge in [0.05, 0.1) is 24.2 Å². The molecule has 1 heterocycles.